The molecule has 0 aliphatic carbocycles. The van der Waals surface area contributed by atoms with E-state index >= 15 is 0 Å². The molecule has 0 atom stereocenters. The first kappa shape index (κ1) is 33.7. The summed E-state index contributed by atoms with van der Waals surface area (Å²) >= 11 is 0. The minimum absolute atomic E-state index is 0.127. The van der Waals surface area contributed by atoms with Crippen LogP contribution in [0.1, 0.15) is 58.9 Å². The number of nitrogens with one attached hydrogen (secondary N) is 3. The standard InChI is InChI=1S/C40H45N7O2/c1-27(2)41-25-9-5-6-15-38(48)49-26-24-28-16-18-29(19-17-28)44-45-33-20-21-34(31-12-8-7-11-30(31)33)46-47-35-22-23-37-39-32(35)13-10-14-36(39)42-40(3,4)43-37/h7-8,10-14,16-23,27,41-43H,5-6,9,15,24-26H2,1-4H3. The molecular formula is C40H45N7O2. The SMILES string of the molecule is CC(C)NCCCCCC(=O)OCCc1ccc(N=Nc2ccc(N=Nc3ccc4c5c(cccc35)NC(C)(C)N4)c3ccccc23)cc1. The summed E-state index contributed by atoms with van der Waals surface area (Å²) in [6, 6.07) is 30.6. The van der Waals surface area contributed by atoms with Crippen LogP contribution in [0.15, 0.2) is 111 Å². The topological polar surface area (TPSA) is 112 Å². The molecule has 0 bridgehead atoms. The van der Waals surface area contributed by atoms with Gasteiger partial charge >= 0.3 is 5.97 Å². The van der Waals surface area contributed by atoms with Crippen LogP contribution in [0.5, 0.6) is 0 Å². The lowest BCUT2D eigenvalue weighted by atomic mass is 10.00. The fraction of sp³-hybridized carbons (Fsp3) is 0.325. The number of fused-ring (bicyclic) bond motifs is 1. The Morgan fingerprint density at radius 1 is 0.714 bits per heavy atom. The third kappa shape index (κ3) is 8.66. The van der Waals surface area contributed by atoms with Gasteiger partial charge in [-0.25, -0.2) is 0 Å². The summed E-state index contributed by atoms with van der Waals surface area (Å²) < 4.78 is 5.45. The lowest BCUT2D eigenvalue weighted by molar-refractivity contribution is -0.143. The van der Waals surface area contributed by atoms with Crippen molar-refractivity contribution in [3.8, 4) is 0 Å². The lowest BCUT2D eigenvalue weighted by Gasteiger charge is -2.36. The number of anilines is 2. The molecule has 0 amide bonds. The monoisotopic (exact) mass is 655 g/mol. The van der Waals surface area contributed by atoms with Gasteiger partial charge in [-0.3, -0.25) is 4.79 Å². The van der Waals surface area contributed by atoms with Gasteiger partial charge in [-0.2, -0.15) is 5.11 Å². The third-order valence-corrected chi connectivity index (χ3v) is 8.53. The molecule has 1 heterocycles. The van der Waals surface area contributed by atoms with Gasteiger partial charge < -0.3 is 20.7 Å². The summed E-state index contributed by atoms with van der Waals surface area (Å²) in [5.74, 6) is -0.127. The van der Waals surface area contributed by atoms with Gasteiger partial charge in [0.15, 0.2) is 0 Å². The number of hydrogen-bond acceptors (Lipinski definition) is 9. The van der Waals surface area contributed by atoms with E-state index in [9.17, 15) is 4.79 Å². The molecule has 6 rings (SSSR count). The normalized spacial score (nSPS) is 13.7. The van der Waals surface area contributed by atoms with Crippen molar-refractivity contribution in [3.05, 3.63) is 96.6 Å². The van der Waals surface area contributed by atoms with E-state index in [1.807, 2.05) is 72.8 Å². The van der Waals surface area contributed by atoms with Gasteiger partial charge in [-0.15, -0.1) is 15.3 Å². The largest absolute Gasteiger partial charge is 0.465 e. The van der Waals surface area contributed by atoms with Gasteiger partial charge in [0.1, 0.15) is 5.66 Å². The summed E-state index contributed by atoms with van der Waals surface area (Å²) in [5, 5.41) is 33.1. The summed E-state index contributed by atoms with van der Waals surface area (Å²) in [5.41, 5.74) is 6.06. The highest BCUT2D eigenvalue weighted by molar-refractivity contribution is 6.09. The molecule has 49 heavy (non-hydrogen) atoms. The second kappa shape index (κ2) is 15.4. The maximum absolute atomic E-state index is 12.1. The van der Waals surface area contributed by atoms with Crippen LogP contribution in [0.2, 0.25) is 0 Å². The minimum atomic E-state index is -0.242. The Morgan fingerprint density at radius 2 is 1.33 bits per heavy atom. The third-order valence-electron chi connectivity index (χ3n) is 8.53. The number of nitrogens with zero attached hydrogens (tertiary/aromatic N) is 4. The zero-order valence-corrected chi connectivity index (χ0v) is 28.8. The van der Waals surface area contributed by atoms with Crippen molar-refractivity contribution in [2.75, 3.05) is 23.8 Å². The highest BCUT2D eigenvalue weighted by Crippen LogP contribution is 2.42. The minimum Gasteiger partial charge on any atom is -0.465 e. The number of azo groups is 2. The van der Waals surface area contributed by atoms with Gasteiger partial charge in [0, 0.05) is 51.8 Å². The molecule has 0 saturated heterocycles. The molecule has 1 aliphatic rings. The molecular weight excluding hydrogens is 610 g/mol. The summed E-state index contributed by atoms with van der Waals surface area (Å²) in [6.45, 7) is 9.88. The van der Waals surface area contributed by atoms with E-state index in [1.165, 1.54) is 0 Å². The molecule has 9 heteroatoms. The van der Waals surface area contributed by atoms with Crippen LogP contribution in [0.4, 0.5) is 34.1 Å². The van der Waals surface area contributed by atoms with E-state index in [1.54, 1.807) is 0 Å². The van der Waals surface area contributed by atoms with Gasteiger partial charge in [0.25, 0.3) is 0 Å². The van der Waals surface area contributed by atoms with Crippen LogP contribution in [0, 0.1) is 0 Å². The molecule has 3 N–H and O–H groups in total. The van der Waals surface area contributed by atoms with Gasteiger partial charge in [-0.05, 0) is 81.3 Å². The molecule has 0 fully saturated rings. The van der Waals surface area contributed by atoms with Crippen LogP contribution in [0.3, 0.4) is 0 Å². The molecule has 1 aliphatic heterocycles. The second-order valence-corrected chi connectivity index (χ2v) is 13.3. The predicted octanol–water partition coefficient (Wildman–Crippen LogP) is 11.0. The highest BCUT2D eigenvalue weighted by Gasteiger charge is 2.25. The Bertz CT molecular complexity index is 1970. The molecule has 9 nitrogen and oxygen atoms in total. The Balaban J connectivity index is 1.07. The van der Waals surface area contributed by atoms with Gasteiger partial charge in [0.2, 0.25) is 0 Å². The van der Waals surface area contributed by atoms with E-state index in [0.29, 0.717) is 25.5 Å². The first-order chi connectivity index (χ1) is 23.8. The Hall–Kier alpha value is -5.15. The molecule has 0 unspecified atom stereocenters. The number of benzene rings is 5. The molecule has 0 aromatic heterocycles. The molecule has 5 aromatic carbocycles. The zero-order chi connectivity index (χ0) is 34.2. The average Bonchev–Trinajstić information content (AvgIpc) is 3.08. The van der Waals surface area contributed by atoms with E-state index in [0.717, 1.165) is 87.0 Å². The number of ether oxygens (including phenoxy) is 1. The fourth-order valence-corrected chi connectivity index (χ4v) is 6.10. The van der Waals surface area contributed by atoms with Crippen molar-refractivity contribution in [3.63, 3.8) is 0 Å². The van der Waals surface area contributed by atoms with E-state index < -0.39 is 0 Å². The quantitative estimate of drug-likeness (QED) is 0.0626. The van der Waals surface area contributed by atoms with Crippen molar-refractivity contribution >= 4 is 61.6 Å². The molecule has 252 valence electrons. The highest BCUT2D eigenvalue weighted by atomic mass is 16.5. The first-order valence-corrected chi connectivity index (χ1v) is 17.2. The molecule has 0 radical (unpaired) electrons. The lowest BCUT2D eigenvalue weighted by Crippen LogP contribution is -2.41. The van der Waals surface area contributed by atoms with Crippen molar-refractivity contribution in [1.82, 2.24) is 5.32 Å². The Morgan fingerprint density at radius 3 is 2.02 bits per heavy atom. The number of rotatable bonds is 14. The molecule has 5 aromatic rings. The summed E-state index contributed by atoms with van der Waals surface area (Å²) in [7, 11) is 0. The van der Waals surface area contributed by atoms with Crippen LogP contribution < -0.4 is 16.0 Å². The maximum Gasteiger partial charge on any atom is 0.305 e. The van der Waals surface area contributed by atoms with Crippen LogP contribution in [-0.2, 0) is 16.0 Å². The van der Waals surface area contributed by atoms with Crippen molar-refractivity contribution in [2.45, 2.75) is 71.5 Å². The Labute approximate surface area is 288 Å². The van der Waals surface area contributed by atoms with E-state index in [4.69, 9.17) is 15.0 Å². The maximum atomic E-state index is 12.1. The number of hydrogen-bond donors (Lipinski definition) is 3. The van der Waals surface area contributed by atoms with Crippen LogP contribution in [-0.4, -0.2) is 30.8 Å². The Kier molecular flexibility index (Phi) is 10.6. The van der Waals surface area contributed by atoms with Crippen LogP contribution in [0.25, 0.3) is 21.5 Å². The number of carbonyl (C=O) groups excluding carboxylic acids is 1. The smallest absolute Gasteiger partial charge is 0.305 e. The summed E-state index contributed by atoms with van der Waals surface area (Å²) in [4.78, 5) is 12.1. The first-order valence-electron chi connectivity index (χ1n) is 17.2. The van der Waals surface area contributed by atoms with Crippen molar-refractivity contribution in [1.29, 1.82) is 0 Å². The predicted molar refractivity (Wildman–Crippen MR) is 200 cm³/mol. The fourth-order valence-electron chi connectivity index (χ4n) is 6.10. The number of carbonyl (C=O) groups is 1. The second-order valence-electron chi connectivity index (χ2n) is 13.3. The van der Waals surface area contributed by atoms with Crippen molar-refractivity contribution < 1.29 is 9.53 Å². The van der Waals surface area contributed by atoms with Gasteiger partial charge in [0.05, 0.1) is 29.4 Å². The molecule has 0 saturated carbocycles. The average molecular weight is 656 g/mol. The summed E-state index contributed by atoms with van der Waals surface area (Å²) in [6.07, 6.45) is 4.10. The number of unbranched alkanes of at least 4 members (excludes halogenated alkanes) is 2. The van der Waals surface area contributed by atoms with Gasteiger partial charge in [-0.1, -0.05) is 68.8 Å². The van der Waals surface area contributed by atoms with Crippen LogP contribution >= 0.6 is 0 Å². The zero-order valence-electron chi connectivity index (χ0n) is 28.8. The van der Waals surface area contributed by atoms with Crippen molar-refractivity contribution in [2.24, 2.45) is 20.5 Å². The number of esters is 1. The van der Waals surface area contributed by atoms with E-state index in [-0.39, 0.29) is 11.6 Å². The van der Waals surface area contributed by atoms with E-state index in [2.05, 4.69) is 72.1 Å². The molecule has 0 spiro atoms.